The number of hydrogen-bond acceptors (Lipinski definition) is 6. The Morgan fingerprint density at radius 2 is 1.43 bits per heavy atom. The number of amides is 4. The number of hydrogen-bond donors (Lipinski definition) is 6. The van der Waals surface area contributed by atoms with Gasteiger partial charge in [-0.3, -0.25) is 24.0 Å². The maximum Gasteiger partial charge on any atom is 0.325 e. The number of carboxylic acid groups (broad SMARTS) is 1. The van der Waals surface area contributed by atoms with Gasteiger partial charge in [-0.1, -0.05) is 30.3 Å². The number of primary amides is 1. The van der Waals surface area contributed by atoms with E-state index in [-0.39, 0.29) is 6.42 Å². The lowest BCUT2D eigenvalue weighted by atomic mass is 10.0. The van der Waals surface area contributed by atoms with E-state index >= 15 is 0 Å². The van der Waals surface area contributed by atoms with Crippen LogP contribution < -0.4 is 27.4 Å². The first-order valence-corrected chi connectivity index (χ1v) is 9.23. The quantitative estimate of drug-likeness (QED) is 0.238. The number of benzene rings is 1. The molecule has 0 heterocycles. The van der Waals surface area contributed by atoms with Gasteiger partial charge < -0.3 is 32.5 Å². The van der Waals surface area contributed by atoms with Gasteiger partial charge in [-0.15, -0.1) is 0 Å². The van der Waals surface area contributed by atoms with Crippen LogP contribution in [0.25, 0.3) is 0 Å². The molecule has 0 aromatic heterocycles. The van der Waals surface area contributed by atoms with Gasteiger partial charge >= 0.3 is 5.97 Å². The third-order valence-electron chi connectivity index (χ3n) is 4.10. The molecule has 4 unspecified atom stereocenters. The summed E-state index contributed by atoms with van der Waals surface area (Å²) >= 11 is 0. The van der Waals surface area contributed by atoms with Crippen molar-refractivity contribution in [2.75, 3.05) is 0 Å². The molecule has 11 nitrogen and oxygen atoms in total. The summed E-state index contributed by atoms with van der Waals surface area (Å²) in [6, 6.07) is 4.17. The second-order valence-corrected chi connectivity index (χ2v) is 6.84. The highest BCUT2D eigenvalue weighted by molar-refractivity contribution is 5.96. The molecule has 8 N–H and O–H groups in total. The third-order valence-corrected chi connectivity index (χ3v) is 4.10. The third kappa shape index (κ3) is 8.27. The van der Waals surface area contributed by atoms with Crippen LogP contribution in [0.2, 0.25) is 0 Å². The van der Waals surface area contributed by atoms with Crippen LogP contribution >= 0.6 is 0 Å². The van der Waals surface area contributed by atoms with E-state index in [1.807, 2.05) is 0 Å². The highest BCUT2D eigenvalue weighted by Gasteiger charge is 2.30. The van der Waals surface area contributed by atoms with Gasteiger partial charge in [0.15, 0.2) is 0 Å². The summed E-state index contributed by atoms with van der Waals surface area (Å²) in [6.07, 6.45) is -0.454. The van der Waals surface area contributed by atoms with Gasteiger partial charge in [0.2, 0.25) is 23.6 Å². The fourth-order valence-electron chi connectivity index (χ4n) is 2.42. The maximum absolute atomic E-state index is 12.8. The van der Waals surface area contributed by atoms with E-state index in [9.17, 15) is 24.0 Å². The Kier molecular flexibility index (Phi) is 9.43. The molecule has 0 spiro atoms. The molecular weight excluding hydrogens is 394 g/mol. The molecule has 0 bridgehead atoms. The Bertz CT molecular complexity index is 783. The van der Waals surface area contributed by atoms with E-state index in [2.05, 4.69) is 16.0 Å². The minimum absolute atomic E-state index is 0.0988. The molecule has 0 fully saturated rings. The summed E-state index contributed by atoms with van der Waals surface area (Å²) in [5.74, 6) is -4.40. The van der Waals surface area contributed by atoms with Gasteiger partial charge in [-0.05, 0) is 19.4 Å². The smallest absolute Gasteiger partial charge is 0.325 e. The highest BCUT2D eigenvalue weighted by atomic mass is 16.4. The van der Waals surface area contributed by atoms with Crippen molar-refractivity contribution in [2.45, 2.75) is 50.9 Å². The molecule has 0 radical (unpaired) electrons. The van der Waals surface area contributed by atoms with Gasteiger partial charge in [0.05, 0.1) is 12.5 Å². The van der Waals surface area contributed by atoms with Crippen molar-refractivity contribution >= 4 is 29.6 Å². The zero-order valence-electron chi connectivity index (χ0n) is 16.8. The monoisotopic (exact) mass is 421 g/mol. The molecule has 0 aliphatic rings. The van der Waals surface area contributed by atoms with Crippen molar-refractivity contribution in [3.63, 3.8) is 0 Å². The first-order chi connectivity index (χ1) is 14.0. The minimum Gasteiger partial charge on any atom is -0.480 e. The molecule has 0 saturated carbocycles. The molecule has 1 rings (SSSR count). The number of carbonyl (C=O) groups is 5. The van der Waals surface area contributed by atoms with E-state index in [0.29, 0.717) is 0 Å². The zero-order chi connectivity index (χ0) is 22.8. The lowest BCUT2D eigenvalue weighted by molar-refractivity contribution is -0.142. The summed E-state index contributed by atoms with van der Waals surface area (Å²) < 4.78 is 0. The van der Waals surface area contributed by atoms with Crippen LogP contribution in [0.5, 0.6) is 0 Å². The SMILES string of the molecule is CC(N)C(=O)NC(Cc1ccccc1)C(=O)NC(CC(N)=O)C(=O)NC(C)C(=O)O. The van der Waals surface area contributed by atoms with Crippen LogP contribution in [0.4, 0.5) is 0 Å². The highest BCUT2D eigenvalue weighted by Crippen LogP contribution is 2.05. The normalized spacial score (nSPS) is 14.5. The summed E-state index contributed by atoms with van der Waals surface area (Å²) in [5.41, 5.74) is 11.4. The van der Waals surface area contributed by atoms with Crippen LogP contribution in [0, 0.1) is 0 Å². The van der Waals surface area contributed by atoms with Crippen LogP contribution in [-0.2, 0) is 30.4 Å². The molecule has 1 aromatic rings. The Hall–Kier alpha value is -3.47. The fraction of sp³-hybridized carbons (Fsp3) is 0.421. The van der Waals surface area contributed by atoms with Crippen molar-refractivity contribution in [3.8, 4) is 0 Å². The van der Waals surface area contributed by atoms with Gasteiger partial charge in [0.1, 0.15) is 18.1 Å². The Labute approximate surface area is 173 Å². The van der Waals surface area contributed by atoms with Crippen LogP contribution in [0.15, 0.2) is 30.3 Å². The number of carboxylic acids is 1. The number of nitrogens with one attached hydrogen (secondary N) is 3. The van der Waals surface area contributed by atoms with Gasteiger partial charge in [-0.2, -0.15) is 0 Å². The second-order valence-electron chi connectivity index (χ2n) is 6.84. The van der Waals surface area contributed by atoms with E-state index in [4.69, 9.17) is 16.6 Å². The van der Waals surface area contributed by atoms with Crippen molar-refractivity contribution < 1.29 is 29.1 Å². The molecule has 11 heteroatoms. The largest absolute Gasteiger partial charge is 0.480 e. The van der Waals surface area contributed by atoms with E-state index in [0.717, 1.165) is 5.56 Å². The van der Waals surface area contributed by atoms with Crippen molar-refractivity contribution in [1.29, 1.82) is 0 Å². The molecule has 164 valence electrons. The topological polar surface area (TPSA) is 194 Å². The predicted octanol–water partition coefficient (Wildman–Crippen LogP) is -1.99. The molecular formula is C19H27N5O6. The number of rotatable bonds is 11. The summed E-state index contributed by atoms with van der Waals surface area (Å²) in [6.45, 7) is 2.67. The molecule has 4 atom stereocenters. The average molecular weight is 421 g/mol. The first kappa shape index (κ1) is 24.6. The molecule has 0 saturated heterocycles. The fourth-order valence-corrected chi connectivity index (χ4v) is 2.42. The van der Waals surface area contributed by atoms with Gasteiger partial charge in [-0.25, -0.2) is 0 Å². The number of aliphatic carboxylic acids is 1. The minimum atomic E-state index is -1.41. The molecule has 0 aliphatic heterocycles. The molecule has 4 amide bonds. The standard InChI is InChI=1S/C19H27N5O6/c1-10(20)16(26)23-13(8-12-6-4-3-5-7-12)18(28)24-14(9-15(21)25)17(27)22-11(2)19(29)30/h3-7,10-11,13-14H,8-9,20H2,1-2H3,(H2,21,25)(H,22,27)(H,23,26)(H,24,28)(H,29,30). The number of nitrogens with two attached hydrogens (primary N) is 2. The van der Waals surface area contributed by atoms with Crippen molar-refractivity contribution in [3.05, 3.63) is 35.9 Å². The van der Waals surface area contributed by atoms with E-state index in [1.165, 1.54) is 13.8 Å². The summed E-state index contributed by atoms with van der Waals surface area (Å²) in [5, 5.41) is 16.0. The lowest BCUT2D eigenvalue weighted by Gasteiger charge is -2.24. The molecule has 1 aromatic carbocycles. The molecule has 30 heavy (non-hydrogen) atoms. The Morgan fingerprint density at radius 1 is 0.900 bits per heavy atom. The molecule has 0 aliphatic carbocycles. The van der Waals surface area contributed by atoms with Crippen LogP contribution in [0.3, 0.4) is 0 Å². The van der Waals surface area contributed by atoms with Crippen molar-refractivity contribution in [1.82, 2.24) is 16.0 Å². The zero-order valence-corrected chi connectivity index (χ0v) is 16.8. The predicted molar refractivity (Wildman–Crippen MR) is 107 cm³/mol. The Morgan fingerprint density at radius 3 is 1.93 bits per heavy atom. The van der Waals surface area contributed by atoms with Gasteiger partial charge in [0, 0.05) is 6.42 Å². The Balaban J connectivity index is 3.01. The van der Waals surface area contributed by atoms with Crippen LogP contribution in [0.1, 0.15) is 25.8 Å². The van der Waals surface area contributed by atoms with E-state index < -0.39 is 60.2 Å². The van der Waals surface area contributed by atoms with Crippen LogP contribution in [-0.4, -0.2) is 58.9 Å². The maximum atomic E-state index is 12.8. The van der Waals surface area contributed by atoms with E-state index in [1.54, 1.807) is 30.3 Å². The summed E-state index contributed by atoms with van der Waals surface area (Å²) in [7, 11) is 0. The first-order valence-electron chi connectivity index (χ1n) is 9.23. The lowest BCUT2D eigenvalue weighted by Crippen LogP contribution is -2.57. The second kappa shape index (κ2) is 11.5. The van der Waals surface area contributed by atoms with Crippen molar-refractivity contribution in [2.24, 2.45) is 11.5 Å². The number of carbonyl (C=O) groups excluding carboxylic acids is 4. The average Bonchev–Trinajstić information content (AvgIpc) is 2.66. The summed E-state index contributed by atoms with van der Waals surface area (Å²) in [4.78, 5) is 59.5. The van der Waals surface area contributed by atoms with Gasteiger partial charge in [0.25, 0.3) is 0 Å².